The fourth-order valence-corrected chi connectivity index (χ4v) is 3.71. The summed E-state index contributed by atoms with van der Waals surface area (Å²) in [6.45, 7) is 1.95. The molecule has 6 nitrogen and oxygen atoms in total. The summed E-state index contributed by atoms with van der Waals surface area (Å²) in [5.74, 6) is -0.236. The molecule has 0 radical (unpaired) electrons. The van der Waals surface area contributed by atoms with Crippen LogP contribution >= 0.6 is 11.3 Å². The Hall–Kier alpha value is -2.29. The predicted octanol–water partition coefficient (Wildman–Crippen LogP) is 2.50. The van der Waals surface area contributed by atoms with Crippen LogP contribution in [0.4, 0.5) is 5.69 Å². The third kappa shape index (κ3) is 3.39. The van der Waals surface area contributed by atoms with Crippen molar-refractivity contribution in [2.45, 2.75) is 11.3 Å². The molecule has 0 saturated carbocycles. The zero-order valence-electron chi connectivity index (χ0n) is 12.1. The maximum absolute atomic E-state index is 12.2. The highest BCUT2D eigenvalue weighted by Crippen LogP contribution is 2.27. The van der Waals surface area contributed by atoms with Crippen molar-refractivity contribution in [3.8, 4) is 0 Å². The third-order valence-corrected chi connectivity index (χ3v) is 5.52. The van der Waals surface area contributed by atoms with Crippen molar-refractivity contribution in [3.05, 3.63) is 53.6 Å². The molecule has 0 atom stereocenters. The Bertz CT molecular complexity index is 992. The lowest BCUT2D eigenvalue weighted by Gasteiger charge is -2.05. The molecule has 0 aliphatic rings. The Morgan fingerprint density at radius 2 is 1.87 bits per heavy atom. The van der Waals surface area contributed by atoms with E-state index in [1.165, 1.54) is 0 Å². The SMILES string of the molecule is Cc1ccc(C(=O)Nc2ccc3nc(S(N)(=O)=O)sc3c2)cc1. The zero-order chi connectivity index (χ0) is 16.6. The number of thiazole rings is 1. The average Bonchev–Trinajstić information content (AvgIpc) is 2.91. The number of carbonyl (C=O) groups is 1. The lowest BCUT2D eigenvalue weighted by atomic mass is 10.1. The van der Waals surface area contributed by atoms with E-state index in [2.05, 4.69) is 10.3 Å². The molecule has 0 fully saturated rings. The second kappa shape index (κ2) is 5.73. The number of anilines is 1. The number of rotatable bonds is 3. The van der Waals surface area contributed by atoms with Crippen LogP contribution in [0.1, 0.15) is 15.9 Å². The highest BCUT2D eigenvalue weighted by molar-refractivity contribution is 7.91. The first-order valence-corrected chi connectivity index (χ1v) is 9.00. The van der Waals surface area contributed by atoms with Gasteiger partial charge in [0.2, 0.25) is 4.34 Å². The van der Waals surface area contributed by atoms with Crippen molar-refractivity contribution in [2.24, 2.45) is 5.14 Å². The van der Waals surface area contributed by atoms with Crippen molar-refractivity contribution in [3.63, 3.8) is 0 Å². The summed E-state index contributed by atoms with van der Waals surface area (Å²) >= 11 is 0.968. The normalized spacial score (nSPS) is 11.6. The summed E-state index contributed by atoms with van der Waals surface area (Å²) in [5.41, 5.74) is 2.70. The molecule has 118 valence electrons. The Labute approximate surface area is 137 Å². The minimum atomic E-state index is -3.83. The minimum Gasteiger partial charge on any atom is -0.322 e. The summed E-state index contributed by atoms with van der Waals surface area (Å²) in [6.07, 6.45) is 0. The molecule has 1 heterocycles. The van der Waals surface area contributed by atoms with Gasteiger partial charge in [-0.25, -0.2) is 18.5 Å². The molecule has 3 rings (SSSR count). The molecular weight excluding hydrogens is 334 g/mol. The van der Waals surface area contributed by atoms with Crippen LogP contribution in [0, 0.1) is 6.92 Å². The molecule has 0 saturated heterocycles. The maximum atomic E-state index is 12.2. The molecule has 8 heteroatoms. The van der Waals surface area contributed by atoms with Gasteiger partial charge < -0.3 is 5.32 Å². The maximum Gasteiger partial charge on any atom is 0.265 e. The van der Waals surface area contributed by atoms with E-state index in [9.17, 15) is 13.2 Å². The lowest BCUT2D eigenvalue weighted by Crippen LogP contribution is -2.11. The van der Waals surface area contributed by atoms with Crippen molar-refractivity contribution >= 4 is 43.2 Å². The molecule has 0 spiro atoms. The number of carbonyl (C=O) groups excluding carboxylic acids is 1. The van der Waals surface area contributed by atoms with Crippen molar-refractivity contribution in [2.75, 3.05) is 5.32 Å². The number of aryl methyl sites for hydroxylation is 1. The fraction of sp³-hybridized carbons (Fsp3) is 0.0667. The van der Waals surface area contributed by atoms with Crippen molar-refractivity contribution in [1.29, 1.82) is 0 Å². The van der Waals surface area contributed by atoms with E-state index < -0.39 is 10.0 Å². The van der Waals surface area contributed by atoms with Crippen LogP contribution in [-0.2, 0) is 10.0 Å². The van der Waals surface area contributed by atoms with E-state index in [4.69, 9.17) is 5.14 Å². The second-order valence-electron chi connectivity index (χ2n) is 5.03. The summed E-state index contributed by atoms with van der Waals surface area (Å²) in [5, 5.41) is 7.86. The number of hydrogen-bond acceptors (Lipinski definition) is 5. The number of nitrogens with two attached hydrogens (primary N) is 1. The van der Waals surface area contributed by atoms with Gasteiger partial charge in [0.05, 0.1) is 10.2 Å². The zero-order valence-corrected chi connectivity index (χ0v) is 13.7. The molecule has 23 heavy (non-hydrogen) atoms. The number of primary sulfonamides is 1. The second-order valence-corrected chi connectivity index (χ2v) is 7.79. The first-order chi connectivity index (χ1) is 10.8. The van der Waals surface area contributed by atoms with Crippen molar-refractivity contribution in [1.82, 2.24) is 4.98 Å². The molecule has 1 amide bonds. The number of fused-ring (bicyclic) bond motifs is 1. The molecule has 2 aromatic carbocycles. The summed E-state index contributed by atoms with van der Waals surface area (Å²) in [4.78, 5) is 16.2. The monoisotopic (exact) mass is 347 g/mol. The largest absolute Gasteiger partial charge is 0.322 e. The van der Waals surface area contributed by atoms with Crippen LogP contribution in [0.3, 0.4) is 0 Å². The Kier molecular flexibility index (Phi) is 3.88. The summed E-state index contributed by atoms with van der Waals surface area (Å²) < 4.78 is 23.2. The molecule has 0 unspecified atom stereocenters. The number of benzene rings is 2. The van der Waals surface area contributed by atoms with Crippen LogP contribution < -0.4 is 10.5 Å². The first kappa shape index (κ1) is 15.6. The summed E-state index contributed by atoms with van der Waals surface area (Å²) in [7, 11) is -3.83. The molecule has 0 bridgehead atoms. The molecule has 3 aromatic rings. The van der Waals surface area contributed by atoms with E-state index >= 15 is 0 Å². The predicted molar refractivity (Wildman–Crippen MR) is 90.1 cm³/mol. The summed E-state index contributed by atoms with van der Waals surface area (Å²) in [6, 6.07) is 12.2. The first-order valence-electron chi connectivity index (χ1n) is 6.64. The van der Waals surface area contributed by atoms with Gasteiger partial charge in [-0.05, 0) is 37.3 Å². The van der Waals surface area contributed by atoms with Crippen LogP contribution in [-0.4, -0.2) is 19.3 Å². The Morgan fingerprint density at radius 1 is 1.17 bits per heavy atom. The average molecular weight is 347 g/mol. The highest BCUT2D eigenvalue weighted by Gasteiger charge is 2.15. The van der Waals surface area contributed by atoms with Gasteiger partial charge >= 0.3 is 0 Å². The smallest absolute Gasteiger partial charge is 0.265 e. The van der Waals surface area contributed by atoms with Crippen LogP contribution in [0.5, 0.6) is 0 Å². The topological polar surface area (TPSA) is 102 Å². The molecule has 0 aliphatic carbocycles. The van der Waals surface area contributed by atoms with Gasteiger partial charge in [0.15, 0.2) is 0 Å². The number of amides is 1. The van der Waals surface area contributed by atoms with Gasteiger partial charge in [-0.2, -0.15) is 0 Å². The van der Waals surface area contributed by atoms with Crippen LogP contribution in [0.25, 0.3) is 10.2 Å². The Balaban J connectivity index is 1.88. The van der Waals surface area contributed by atoms with Crippen molar-refractivity contribution < 1.29 is 13.2 Å². The number of nitrogens with one attached hydrogen (secondary N) is 1. The Morgan fingerprint density at radius 3 is 2.52 bits per heavy atom. The molecule has 0 aliphatic heterocycles. The standard InChI is InChI=1S/C15H13N3O3S2/c1-9-2-4-10(5-3-9)14(19)17-11-6-7-12-13(8-11)22-15(18-12)23(16,20)21/h2-8H,1H3,(H,17,19)(H2,16,20,21). The van der Waals surface area contributed by atoms with E-state index in [1.807, 2.05) is 19.1 Å². The van der Waals surface area contributed by atoms with E-state index in [1.54, 1.807) is 30.3 Å². The van der Waals surface area contributed by atoms with Crippen LogP contribution in [0.15, 0.2) is 46.8 Å². The van der Waals surface area contributed by atoms with Gasteiger partial charge in [0, 0.05) is 11.3 Å². The third-order valence-electron chi connectivity index (χ3n) is 3.18. The van der Waals surface area contributed by atoms with E-state index in [0.717, 1.165) is 16.9 Å². The van der Waals surface area contributed by atoms with Gasteiger partial charge in [-0.1, -0.05) is 17.7 Å². The lowest BCUT2D eigenvalue weighted by molar-refractivity contribution is 0.102. The molecular formula is C15H13N3O3S2. The van der Waals surface area contributed by atoms with Gasteiger partial charge in [-0.15, -0.1) is 11.3 Å². The molecule has 3 N–H and O–H groups in total. The van der Waals surface area contributed by atoms with Gasteiger partial charge in [0.1, 0.15) is 0 Å². The van der Waals surface area contributed by atoms with E-state index in [-0.39, 0.29) is 10.2 Å². The quantitative estimate of drug-likeness (QED) is 0.760. The van der Waals surface area contributed by atoms with E-state index in [0.29, 0.717) is 21.5 Å². The number of hydrogen-bond donors (Lipinski definition) is 2. The molecule has 1 aromatic heterocycles. The highest BCUT2D eigenvalue weighted by atomic mass is 32.2. The number of sulfonamides is 1. The van der Waals surface area contributed by atoms with Gasteiger partial charge in [-0.3, -0.25) is 4.79 Å². The number of aromatic nitrogens is 1. The van der Waals surface area contributed by atoms with Gasteiger partial charge in [0.25, 0.3) is 15.9 Å². The fourth-order valence-electron chi connectivity index (χ4n) is 2.01. The minimum absolute atomic E-state index is 0.144. The number of nitrogens with zero attached hydrogens (tertiary/aromatic N) is 1. The van der Waals surface area contributed by atoms with Crippen LogP contribution in [0.2, 0.25) is 0 Å².